The number of rotatable bonds is 5. The molecule has 0 aliphatic heterocycles. The van der Waals surface area contributed by atoms with Crippen molar-refractivity contribution < 1.29 is 24.1 Å². The van der Waals surface area contributed by atoms with Gasteiger partial charge in [0.1, 0.15) is 11.5 Å². The van der Waals surface area contributed by atoms with Gasteiger partial charge in [0.15, 0.2) is 0 Å². The van der Waals surface area contributed by atoms with Gasteiger partial charge in [-0.1, -0.05) is 17.3 Å². The van der Waals surface area contributed by atoms with Crippen molar-refractivity contribution in [2.45, 2.75) is 0 Å². The van der Waals surface area contributed by atoms with Crippen LogP contribution in [0.25, 0.3) is 11.1 Å². The van der Waals surface area contributed by atoms with Crippen LogP contribution >= 0.6 is 0 Å². The number of carbonyl (C=O) groups excluding carboxylic acids is 1. The first-order chi connectivity index (χ1) is 12.0. The van der Waals surface area contributed by atoms with E-state index in [9.17, 15) is 20.0 Å². The zero-order valence-electron chi connectivity index (χ0n) is 13.0. The van der Waals surface area contributed by atoms with E-state index in [4.69, 9.17) is 9.26 Å². The number of hydrogen-bond acceptors (Lipinski definition) is 7. The van der Waals surface area contributed by atoms with Crippen LogP contribution < -0.4 is 4.74 Å². The van der Waals surface area contributed by atoms with E-state index in [1.165, 1.54) is 49.7 Å². The van der Waals surface area contributed by atoms with Gasteiger partial charge in [-0.2, -0.15) is 0 Å². The van der Waals surface area contributed by atoms with E-state index < -0.39 is 10.7 Å². The van der Waals surface area contributed by atoms with Crippen LogP contribution in [-0.4, -0.2) is 28.1 Å². The molecule has 25 heavy (non-hydrogen) atoms. The number of nitro groups is 1. The van der Waals surface area contributed by atoms with Gasteiger partial charge in [-0.25, -0.2) is 0 Å². The predicted octanol–water partition coefficient (Wildman–Crippen LogP) is 3.20. The molecule has 8 nitrogen and oxygen atoms in total. The lowest BCUT2D eigenvalue weighted by molar-refractivity contribution is -0.384. The number of phenolic OH excluding ortho intramolecular Hbond substituents is 1. The van der Waals surface area contributed by atoms with Crippen molar-refractivity contribution in [2.24, 2.45) is 0 Å². The third-order valence-electron chi connectivity index (χ3n) is 3.61. The Hall–Kier alpha value is -3.68. The van der Waals surface area contributed by atoms with Crippen molar-refractivity contribution in [3.63, 3.8) is 0 Å². The maximum absolute atomic E-state index is 12.4. The zero-order valence-corrected chi connectivity index (χ0v) is 13.0. The molecule has 0 unspecified atom stereocenters. The fourth-order valence-corrected chi connectivity index (χ4v) is 2.45. The summed E-state index contributed by atoms with van der Waals surface area (Å²) in [6, 6.07) is 9.94. The predicted molar refractivity (Wildman–Crippen MR) is 86.7 cm³/mol. The fourth-order valence-electron chi connectivity index (χ4n) is 2.45. The number of ketones is 1. The summed E-state index contributed by atoms with van der Waals surface area (Å²) in [5.74, 6) is -0.692. The number of methoxy groups -OCH3 is 1. The molecule has 0 bridgehead atoms. The summed E-state index contributed by atoms with van der Waals surface area (Å²) in [5, 5.41) is 25.1. The third-order valence-corrected chi connectivity index (χ3v) is 3.61. The highest BCUT2D eigenvalue weighted by molar-refractivity contribution is 6.10. The summed E-state index contributed by atoms with van der Waals surface area (Å²) in [7, 11) is 1.40. The number of hydrogen-bond donors (Lipinski definition) is 1. The van der Waals surface area contributed by atoms with Crippen molar-refractivity contribution in [2.75, 3.05) is 7.11 Å². The van der Waals surface area contributed by atoms with Gasteiger partial charge in [-0.15, -0.1) is 0 Å². The normalized spacial score (nSPS) is 10.4. The molecule has 0 saturated carbocycles. The van der Waals surface area contributed by atoms with Crippen molar-refractivity contribution in [3.8, 4) is 22.6 Å². The molecule has 3 rings (SSSR count). The Kier molecular flexibility index (Phi) is 4.17. The van der Waals surface area contributed by atoms with Gasteiger partial charge in [-0.3, -0.25) is 14.9 Å². The Labute approximate surface area is 141 Å². The molecular formula is C17H12N2O6. The van der Waals surface area contributed by atoms with Crippen molar-refractivity contribution >= 4 is 11.5 Å². The number of phenols is 1. The molecule has 0 saturated heterocycles. The minimum atomic E-state index is -0.565. The first kappa shape index (κ1) is 16.2. The molecule has 0 fully saturated rings. The minimum Gasteiger partial charge on any atom is -0.506 e. The van der Waals surface area contributed by atoms with Gasteiger partial charge >= 0.3 is 0 Å². The summed E-state index contributed by atoms with van der Waals surface area (Å²) in [4.78, 5) is 22.9. The number of nitro benzene ring substituents is 1. The average Bonchev–Trinajstić information content (AvgIpc) is 3.15. The van der Waals surface area contributed by atoms with Crippen LogP contribution in [0.5, 0.6) is 11.5 Å². The van der Waals surface area contributed by atoms with Crippen molar-refractivity contribution in [1.82, 2.24) is 5.16 Å². The largest absolute Gasteiger partial charge is 0.506 e. The molecule has 3 aromatic rings. The van der Waals surface area contributed by atoms with Crippen molar-refractivity contribution in [3.05, 3.63) is 70.1 Å². The minimum absolute atomic E-state index is 0.0287. The van der Waals surface area contributed by atoms with Crippen LogP contribution in [0.3, 0.4) is 0 Å². The van der Waals surface area contributed by atoms with Gasteiger partial charge < -0.3 is 14.4 Å². The highest BCUT2D eigenvalue weighted by Gasteiger charge is 2.23. The van der Waals surface area contributed by atoms with Crippen LogP contribution in [-0.2, 0) is 0 Å². The number of aromatic nitrogens is 1. The molecule has 0 radical (unpaired) electrons. The Morgan fingerprint density at radius 1 is 1.28 bits per heavy atom. The highest BCUT2D eigenvalue weighted by atomic mass is 16.6. The summed E-state index contributed by atoms with van der Waals surface area (Å²) in [6.07, 6.45) is 1.31. The maximum atomic E-state index is 12.4. The van der Waals surface area contributed by atoms with E-state index in [0.717, 1.165) is 0 Å². The highest BCUT2D eigenvalue weighted by Crippen LogP contribution is 2.41. The molecule has 0 aliphatic rings. The molecule has 1 N–H and O–H groups in total. The molecule has 8 heteroatoms. The van der Waals surface area contributed by atoms with Crippen LogP contribution in [0, 0.1) is 10.1 Å². The van der Waals surface area contributed by atoms with Crippen LogP contribution in [0.1, 0.15) is 16.1 Å². The first-order valence-corrected chi connectivity index (χ1v) is 7.13. The number of aromatic hydroxyl groups is 1. The van der Waals surface area contributed by atoms with E-state index in [1.807, 2.05) is 0 Å². The molecule has 0 spiro atoms. The average molecular weight is 340 g/mol. The second kappa shape index (κ2) is 6.44. The van der Waals surface area contributed by atoms with E-state index in [1.54, 1.807) is 6.07 Å². The number of carbonyl (C=O) groups is 1. The van der Waals surface area contributed by atoms with Gasteiger partial charge in [0, 0.05) is 18.2 Å². The summed E-state index contributed by atoms with van der Waals surface area (Å²) >= 11 is 0. The monoisotopic (exact) mass is 340 g/mol. The lowest BCUT2D eigenvalue weighted by Crippen LogP contribution is -2.02. The quantitative estimate of drug-likeness (QED) is 0.431. The number of benzene rings is 2. The lowest BCUT2D eigenvalue weighted by atomic mass is 9.97. The van der Waals surface area contributed by atoms with E-state index in [-0.39, 0.29) is 34.1 Å². The molecule has 126 valence electrons. The van der Waals surface area contributed by atoms with Crippen LogP contribution in [0.2, 0.25) is 0 Å². The Balaban J connectivity index is 2.18. The van der Waals surface area contributed by atoms with Gasteiger partial charge in [0.2, 0.25) is 11.5 Å². The molecule has 0 amide bonds. The van der Waals surface area contributed by atoms with Crippen molar-refractivity contribution in [1.29, 1.82) is 0 Å². The summed E-state index contributed by atoms with van der Waals surface area (Å²) in [5.41, 5.74) is 0.345. The number of non-ortho nitro benzene ring substituents is 1. The Bertz CT molecular complexity index is 950. The third kappa shape index (κ3) is 2.92. The van der Waals surface area contributed by atoms with E-state index in [0.29, 0.717) is 5.56 Å². The molecule has 0 aliphatic carbocycles. The SMILES string of the molecule is COc1ccc(C(=O)c2ccno2)c(O)c1-c1cccc([N+](=O)[O-])c1. The van der Waals surface area contributed by atoms with Crippen LogP contribution in [0.4, 0.5) is 5.69 Å². The Morgan fingerprint density at radius 3 is 2.72 bits per heavy atom. The smallest absolute Gasteiger partial charge is 0.270 e. The molecular weight excluding hydrogens is 328 g/mol. The topological polar surface area (TPSA) is 116 Å². The fraction of sp³-hybridized carbons (Fsp3) is 0.0588. The van der Waals surface area contributed by atoms with Gasteiger partial charge in [0.05, 0.1) is 29.4 Å². The molecule has 1 aromatic heterocycles. The Morgan fingerprint density at radius 2 is 2.08 bits per heavy atom. The van der Waals surface area contributed by atoms with Gasteiger partial charge in [-0.05, 0) is 17.7 Å². The second-order valence-electron chi connectivity index (χ2n) is 5.05. The molecule has 1 heterocycles. The molecule has 2 aromatic carbocycles. The van der Waals surface area contributed by atoms with E-state index >= 15 is 0 Å². The summed E-state index contributed by atoms with van der Waals surface area (Å²) in [6.45, 7) is 0. The zero-order chi connectivity index (χ0) is 18.0. The lowest BCUT2D eigenvalue weighted by Gasteiger charge is -2.13. The second-order valence-corrected chi connectivity index (χ2v) is 5.05. The number of ether oxygens (including phenoxy) is 1. The van der Waals surface area contributed by atoms with E-state index in [2.05, 4.69) is 5.16 Å². The van der Waals surface area contributed by atoms with Crippen LogP contribution in [0.15, 0.2) is 53.2 Å². The first-order valence-electron chi connectivity index (χ1n) is 7.13. The summed E-state index contributed by atoms with van der Waals surface area (Å²) < 4.78 is 10.1. The standard InChI is InChI=1S/C17H12N2O6/c1-24-13-6-5-12(16(20)14-7-8-18-25-14)17(21)15(13)10-3-2-4-11(9-10)19(22)23/h2-9,21H,1H3. The maximum Gasteiger partial charge on any atom is 0.270 e. The molecule has 0 atom stereocenters. The number of nitrogens with zero attached hydrogens (tertiary/aromatic N) is 2. The van der Waals surface area contributed by atoms with Gasteiger partial charge in [0.25, 0.3) is 5.69 Å².